The maximum absolute atomic E-state index is 9.87. The van der Waals surface area contributed by atoms with Crippen LogP contribution in [0.25, 0.3) is 11.2 Å². The zero-order chi connectivity index (χ0) is 22.9. The van der Waals surface area contributed by atoms with Crippen LogP contribution in [-0.2, 0) is 13.6 Å². The van der Waals surface area contributed by atoms with Crippen LogP contribution in [0.5, 0.6) is 11.5 Å². The van der Waals surface area contributed by atoms with Crippen LogP contribution in [0.3, 0.4) is 0 Å². The number of hydrogen-bond donors (Lipinski definition) is 2. The number of benzene rings is 1. The van der Waals surface area contributed by atoms with Crippen molar-refractivity contribution in [3.05, 3.63) is 30.1 Å². The highest BCUT2D eigenvalue weighted by atomic mass is 16.5. The van der Waals surface area contributed by atoms with Gasteiger partial charge in [0.25, 0.3) is 0 Å². The summed E-state index contributed by atoms with van der Waals surface area (Å²) in [5.74, 6) is 2.99. The summed E-state index contributed by atoms with van der Waals surface area (Å²) in [5.41, 5.74) is 2.50. The van der Waals surface area contributed by atoms with Gasteiger partial charge in [0.1, 0.15) is 23.6 Å². The normalized spacial score (nSPS) is 15.1. The zero-order valence-corrected chi connectivity index (χ0v) is 19.4. The van der Waals surface area contributed by atoms with Gasteiger partial charge < -0.3 is 29.4 Å². The number of nitrogens with one attached hydrogen (secondary N) is 1. The number of hydrogen-bond acceptors (Lipinski definition) is 8. The molecule has 0 saturated heterocycles. The van der Waals surface area contributed by atoms with E-state index in [0.29, 0.717) is 43.7 Å². The molecule has 1 aromatic carbocycles. The smallest absolute Gasteiger partial charge is 0.229 e. The first-order valence-electron chi connectivity index (χ1n) is 10.9. The SMILES string of the molecule is COc1ccc2c(c1)OCCN(c1nc(NCC(CO)C(C)(C)C)c3c(ncn3C)n1)C2. The van der Waals surface area contributed by atoms with E-state index in [1.54, 1.807) is 13.4 Å². The van der Waals surface area contributed by atoms with Crippen LogP contribution in [0.15, 0.2) is 24.5 Å². The Labute approximate surface area is 188 Å². The molecular formula is C23H32N6O3. The van der Waals surface area contributed by atoms with Crippen LogP contribution in [0.1, 0.15) is 26.3 Å². The summed E-state index contributed by atoms with van der Waals surface area (Å²) in [6, 6.07) is 5.86. The summed E-state index contributed by atoms with van der Waals surface area (Å²) in [6.07, 6.45) is 1.74. The fourth-order valence-electron chi connectivity index (χ4n) is 3.82. The van der Waals surface area contributed by atoms with Crippen LogP contribution in [0.2, 0.25) is 0 Å². The largest absolute Gasteiger partial charge is 0.497 e. The van der Waals surface area contributed by atoms with E-state index in [-0.39, 0.29) is 17.9 Å². The Balaban J connectivity index is 1.66. The summed E-state index contributed by atoms with van der Waals surface area (Å²) < 4.78 is 13.2. The molecule has 4 rings (SSSR count). The number of rotatable bonds is 6. The van der Waals surface area contributed by atoms with Crippen molar-refractivity contribution < 1.29 is 14.6 Å². The number of imidazole rings is 1. The highest BCUT2D eigenvalue weighted by Crippen LogP contribution is 2.31. The van der Waals surface area contributed by atoms with Gasteiger partial charge in [-0.3, -0.25) is 0 Å². The molecule has 3 aromatic rings. The van der Waals surface area contributed by atoms with E-state index in [9.17, 15) is 5.11 Å². The first-order chi connectivity index (χ1) is 15.3. The molecule has 32 heavy (non-hydrogen) atoms. The summed E-state index contributed by atoms with van der Waals surface area (Å²) in [5, 5.41) is 13.3. The van der Waals surface area contributed by atoms with E-state index >= 15 is 0 Å². The third-order valence-corrected chi connectivity index (χ3v) is 6.06. The van der Waals surface area contributed by atoms with E-state index < -0.39 is 0 Å². The first kappa shape index (κ1) is 22.1. The third kappa shape index (κ3) is 4.43. The average Bonchev–Trinajstić information content (AvgIpc) is 3.00. The number of aryl methyl sites for hydroxylation is 1. The van der Waals surface area contributed by atoms with Gasteiger partial charge in [-0.1, -0.05) is 20.8 Å². The second-order valence-corrected chi connectivity index (χ2v) is 9.27. The van der Waals surface area contributed by atoms with E-state index in [1.807, 2.05) is 29.8 Å². The number of anilines is 2. The number of nitrogens with zero attached hydrogens (tertiary/aromatic N) is 5. The van der Waals surface area contributed by atoms with Crippen LogP contribution >= 0.6 is 0 Å². The molecule has 0 saturated carbocycles. The van der Waals surface area contributed by atoms with Crippen molar-refractivity contribution in [1.82, 2.24) is 19.5 Å². The monoisotopic (exact) mass is 440 g/mol. The van der Waals surface area contributed by atoms with Crippen LogP contribution < -0.4 is 19.7 Å². The molecule has 0 spiro atoms. The molecule has 0 fully saturated rings. The molecule has 9 nitrogen and oxygen atoms in total. The third-order valence-electron chi connectivity index (χ3n) is 6.06. The number of aliphatic hydroxyl groups is 1. The number of aromatic nitrogens is 4. The summed E-state index contributed by atoms with van der Waals surface area (Å²) in [7, 11) is 3.58. The quantitative estimate of drug-likeness (QED) is 0.604. The predicted octanol–water partition coefficient (Wildman–Crippen LogP) is 2.84. The van der Waals surface area contributed by atoms with Crippen molar-refractivity contribution in [1.29, 1.82) is 0 Å². The molecule has 9 heteroatoms. The molecule has 2 aromatic heterocycles. The highest BCUT2D eigenvalue weighted by Gasteiger charge is 2.25. The number of fused-ring (bicyclic) bond motifs is 2. The van der Waals surface area contributed by atoms with Crippen molar-refractivity contribution in [2.75, 3.05) is 43.6 Å². The summed E-state index contributed by atoms with van der Waals surface area (Å²) in [4.78, 5) is 16.2. The second kappa shape index (κ2) is 8.82. The number of aliphatic hydroxyl groups excluding tert-OH is 1. The molecule has 1 atom stereocenters. The second-order valence-electron chi connectivity index (χ2n) is 9.27. The molecule has 0 aliphatic carbocycles. The topological polar surface area (TPSA) is 97.6 Å². The Bertz CT molecular complexity index is 1090. The minimum absolute atomic E-state index is 0.0317. The fraction of sp³-hybridized carbons (Fsp3) is 0.522. The van der Waals surface area contributed by atoms with E-state index in [1.165, 1.54) is 0 Å². The van der Waals surface area contributed by atoms with Crippen LogP contribution in [0.4, 0.5) is 11.8 Å². The van der Waals surface area contributed by atoms with Crippen molar-refractivity contribution >= 4 is 22.9 Å². The Kier molecular flexibility index (Phi) is 6.10. The lowest BCUT2D eigenvalue weighted by Gasteiger charge is -2.29. The Hall–Kier alpha value is -3.07. The maximum Gasteiger partial charge on any atom is 0.229 e. The predicted molar refractivity (Wildman–Crippen MR) is 124 cm³/mol. The maximum atomic E-state index is 9.87. The van der Waals surface area contributed by atoms with Crippen LogP contribution in [0, 0.1) is 11.3 Å². The lowest BCUT2D eigenvalue weighted by atomic mass is 9.81. The Morgan fingerprint density at radius 1 is 1.28 bits per heavy atom. The lowest BCUT2D eigenvalue weighted by Crippen LogP contribution is -2.31. The standard InChI is InChI=1S/C23H32N6O3/c1-23(2,3)16(13-30)11-24-20-19-21(25-14-28(19)4)27-22(26-20)29-8-9-32-18-10-17(31-5)7-6-15(18)12-29/h6-7,10,14,16,30H,8-9,11-13H2,1-5H3,(H,24,26,27). The molecule has 1 aliphatic rings. The zero-order valence-electron chi connectivity index (χ0n) is 19.4. The molecule has 1 unspecified atom stereocenters. The van der Waals surface area contributed by atoms with Gasteiger partial charge >= 0.3 is 0 Å². The molecule has 3 heterocycles. The van der Waals surface area contributed by atoms with Crippen molar-refractivity contribution in [2.24, 2.45) is 18.4 Å². The molecule has 1 aliphatic heterocycles. The Morgan fingerprint density at radius 2 is 2.09 bits per heavy atom. The van der Waals surface area contributed by atoms with Gasteiger partial charge in [0.15, 0.2) is 11.5 Å². The lowest BCUT2D eigenvalue weighted by molar-refractivity contribution is 0.141. The highest BCUT2D eigenvalue weighted by molar-refractivity contribution is 5.84. The van der Waals surface area contributed by atoms with E-state index in [4.69, 9.17) is 19.4 Å². The van der Waals surface area contributed by atoms with Gasteiger partial charge in [0.2, 0.25) is 5.95 Å². The summed E-state index contributed by atoms with van der Waals surface area (Å²) >= 11 is 0. The average molecular weight is 441 g/mol. The van der Waals surface area contributed by atoms with Crippen LogP contribution in [-0.4, -0.2) is 58.0 Å². The van der Waals surface area contributed by atoms with Crippen molar-refractivity contribution in [3.63, 3.8) is 0 Å². The van der Waals surface area contributed by atoms with E-state index in [2.05, 4.69) is 36.0 Å². The molecule has 0 bridgehead atoms. The van der Waals surface area contributed by atoms with Gasteiger partial charge in [-0.25, -0.2) is 4.98 Å². The molecule has 0 radical (unpaired) electrons. The minimum Gasteiger partial charge on any atom is -0.497 e. The van der Waals surface area contributed by atoms with E-state index in [0.717, 1.165) is 22.6 Å². The van der Waals surface area contributed by atoms with Gasteiger partial charge in [0.05, 0.1) is 20.0 Å². The summed E-state index contributed by atoms with van der Waals surface area (Å²) in [6.45, 7) is 8.88. The molecule has 0 amide bonds. The van der Waals surface area contributed by atoms with Gasteiger partial charge in [0, 0.05) is 44.3 Å². The van der Waals surface area contributed by atoms with Gasteiger partial charge in [-0.2, -0.15) is 9.97 Å². The first-order valence-corrected chi connectivity index (χ1v) is 10.9. The molecule has 2 N–H and O–H groups in total. The Morgan fingerprint density at radius 3 is 2.81 bits per heavy atom. The van der Waals surface area contributed by atoms with Crippen molar-refractivity contribution in [3.8, 4) is 11.5 Å². The van der Waals surface area contributed by atoms with Gasteiger partial charge in [-0.15, -0.1) is 0 Å². The van der Waals surface area contributed by atoms with Gasteiger partial charge in [-0.05, 0) is 17.5 Å². The minimum atomic E-state index is -0.0317. The van der Waals surface area contributed by atoms with Crippen molar-refractivity contribution in [2.45, 2.75) is 27.3 Å². The number of ether oxygens (including phenoxy) is 2. The fourth-order valence-corrected chi connectivity index (χ4v) is 3.82. The molecular weight excluding hydrogens is 408 g/mol. The molecule has 172 valence electrons. The number of methoxy groups -OCH3 is 1.